The van der Waals surface area contributed by atoms with Crippen molar-refractivity contribution in [1.29, 1.82) is 0 Å². The minimum Gasteiger partial charge on any atom is -0.343 e. The molecule has 1 aromatic rings. The fraction of sp³-hybridized carbons (Fsp3) is 0.500. The summed E-state index contributed by atoms with van der Waals surface area (Å²) in [6.07, 6.45) is 4.48. The lowest BCUT2D eigenvalue weighted by Crippen LogP contribution is -2.30. The van der Waals surface area contributed by atoms with E-state index in [1.807, 2.05) is 18.7 Å². The summed E-state index contributed by atoms with van der Waals surface area (Å²) in [5, 5.41) is 0. The zero-order valence-electron chi connectivity index (χ0n) is 11.1. The number of nitrogens with zero attached hydrogens (tertiary/aromatic N) is 2. The highest BCUT2D eigenvalue weighted by Gasteiger charge is 2.08. The SMILES string of the molecule is CCN(CC)C(=O)CCCc1cc(C=O)ccn1. The van der Waals surface area contributed by atoms with E-state index in [9.17, 15) is 9.59 Å². The average Bonchev–Trinajstić information content (AvgIpc) is 2.40. The lowest BCUT2D eigenvalue weighted by atomic mass is 10.1. The van der Waals surface area contributed by atoms with E-state index < -0.39 is 0 Å². The van der Waals surface area contributed by atoms with Gasteiger partial charge in [0.25, 0.3) is 0 Å². The van der Waals surface area contributed by atoms with Crippen LogP contribution in [-0.4, -0.2) is 35.2 Å². The maximum Gasteiger partial charge on any atom is 0.222 e. The topological polar surface area (TPSA) is 50.3 Å². The Morgan fingerprint density at radius 3 is 2.72 bits per heavy atom. The van der Waals surface area contributed by atoms with Crippen LogP contribution in [-0.2, 0) is 11.2 Å². The van der Waals surface area contributed by atoms with Crippen LogP contribution < -0.4 is 0 Å². The standard InChI is InChI=1S/C14H20N2O2/c1-3-16(4-2)14(18)7-5-6-13-10-12(11-17)8-9-15-13/h8-11H,3-7H2,1-2H3. The minimum absolute atomic E-state index is 0.187. The molecule has 0 spiro atoms. The number of carbonyl (C=O) groups is 2. The smallest absolute Gasteiger partial charge is 0.222 e. The average molecular weight is 248 g/mol. The van der Waals surface area contributed by atoms with Gasteiger partial charge in [-0.15, -0.1) is 0 Å². The van der Waals surface area contributed by atoms with Gasteiger partial charge in [-0.2, -0.15) is 0 Å². The molecule has 1 aromatic heterocycles. The third kappa shape index (κ3) is 4.28. The van der Waals surface area contributed by atoms with E-state index >= 15 is 0 Å². The number of aryl methyl sites for hydroxylation is 1. The molecule has 4 heteroatoms. The summed E-state index contributed by atoms with van der Waals surface area (Å²) < 4.78 is 0. The van der Waals surface area contributed by atoms with Crippen molar-refractivity contribution in [2.45, 2.75) is 33.1 Å². The fourth-order valence-electron chi connectivity index (χ4n) is 1.86. The lowest BCUT2D eigenvalue weighted by molar-refractivity contribution is -0.130. The Balaban J connectivity index is 2.41. The van der Waals surface area contributed by atoms with Crippen molar-refractivity contribution < 1.29 is 9.59 Å². The molecule has 0 fully saturated rings. The highest BCUT2D eigenvalue weighted by atomic mass is 16.2. The van der Waals surface area contributed by atoms with E-state index in [0.717, 1.165) is 37.9 Å². The summed E-state index contributed by atoms with van der Waals surface area (Å²) in [6, 6.07) is 3.45. The largest absolute Gasteiger partial charge is 0.343 e. The molecule has 1 amide bonds. The first-order valence-corrected chi connectivity index (χ1v) is 6.39. The minimum atomic E-state index is 0.187. The highest BCUT2D eigenvalue weighted by Crippen LogP contribution is 2.06. The van der Waals surface area contributed by atoms with Crippen molar-refractivity contribution in [3.8, 4) is 0 Å². The Hall–Kier alpha value is -1.71. The molecule has 0 N–H and O–H groups in total. The first-order valence-electron chi connectivity index (χ1n) is 6.39. The summed E-state index contributed by atoms with van der Waals surface area (Å²) >= 11 is 0. The molecule has 0 bridgehead atoms. The van der Waals surface area contributed by atoms with Gasteiger partial charge in [0.05, 0.1) is 0 Å². The number of aldehydes is 1. The van der Waals surface area contributed by atoms with Crippen molar-refractivity contribution in [1.82, 2.24) is 9.88 Å². The van der Waals surface area contributed by atoms with Crippen LogP contribution in [0.25, 0.3) is 0 Å². The van der Waals surface area contributed by atoms with Gasteiger partial charge in [0.1, 0.15) is 6.29 Å². The van der Waals surface area contributed by atoms with Gasteiger partial charge in [0, 0.05) is 37.0 Å². The van der Waals surface area contributed by atoms with Crippen molar-refractivity contribution in [3.05, 3.63) is 29.6 Å². The molecule has 0 aliphatic rings. The second-order valence-electron chi connectivity index (χ2n) is 4.12. The molecule has 0 saturated carbocycles. The molecular weight excluding hydrogens is 228 g/mol. The van der Waals surface area contributed by atoms with E-state index in [4.69, 9.17) is 0 Å². The van der Waals surface area contributed by atoms with Gasteiger partial charge in [-0.05, 0) is 38.8 Å². The second-order valence-corrected chi connectivity index (χ2v) is 4.12. The van der Waals surface area contributed by atoms with Crippen molar-refractivity contribution in [2.24, 2.45) is 0 Å². The Kier molecular flexibility index (Phi) is 6.05. The maximum atomic E-state index is 11.8. The summed E-state index contributed by atoms with van der Waals surface area (Å²) in [5.41, 5.74) is 1.50. The molecule has 18 heavy (non-hydrogen) atoms. The third-order valence-electron chi connectivity index (χ3n) is 2.92. The van der Waals surface area contributed by atoms with Gasteiger partial charge >= 0.3 is 0 Å². The van der Waals surface area contributed by atoms with Crippen LogP contribution in [0, 0.1) is 0 Å². The number of hydrogen-bond acceptors (Lipinski definition) is 3. The monoisotopic (exact) mass is 248 g/mol. The summed E-state index contributed by atoms with van der Waals surface area (Å²) in [5.74, 6) is 0.187. The Bertz CT molecular complexity index is 401. The molecule has 0 radical (unpaired) electrons. The maximum absolute atomic E-state index is 11.8. The van der Waals surface area contributed by atoms with Gasteiger partial charge in [-0.25, -0.2) is 0 Å². The molecule has 0 aliphatic heterocycles. The van der Waals surface area contributed by atoms with Crippen LogP contribution in [0.4, 0.5) is 0 Å². The lowest BCUT2D eigenvalue weighted by Gasteiger charge is -2.18. The number of aromatic nitrogens is 1. The third-order valence-corrected chi connectivity index (χ3v) is 2.92. The van der Waals surface area contributed by atoms with E-state index in [1.165, 1.54) is 0 Å². The number of hydrogen-bond donors (Lipinski definition) is 0. The van der Waals surface area contributed by atoms with E-state index in [-0.39, 0.29) is 5.91 Å². The molecule has 0 atom stereocenters. The van der Waals surface area contributed by atoms with Gasteiger partial charge in [0.15, 0.2) is 0 Å². The number of rotatable bonds is 7. The van der Waals surface area contributed by atoms with Crippen LogP contribution in [0.15, 0.2) is 18.3 Å². The summed E-state index contributed by atoms with van der Waals surface area (Å²) in [6.45, 7) is 5.48. The molecule has 4 nitrogen and oxygen atoms in total. The van der Waals surface area contributed by atoms with Crippen LogP contribution in [0.5, 0.6) is 0 Å². The van der Waals surface area contributed by atoms with Gasteiger partial charge in [-0.3, -0.25) is 14.6 Å². The zero-order valence-corrected chi connectivity index (χ0v) is 11.1. The zero-order chi connectivity index (χ0) is 13.4. The van der Waals surface area contributed by atoms with Crippen molar-refractivity contribution in [3.63, 3.8) is 0 Å². The normalized spacial score (nSPS) is 10.1. The first-order chi connectivity index (χ1) is 8.71. The molecule has 0 saturated heterocycles. The number of amides is 1. The van der Waals surface area contributed by atoms with Crippen LogP contribution in [0.3, 0.4) is 0 Å². The quantitative estimate of drug-likeness (QED) is 0.694. The predicted molar refractivity (Wildman–Crippen MR) is 70.5 cm³/mol. The second kappa shape index (κ2) is 7.58. The molecule has 0 aromatic carbocycles. The molecule has 0 aliphatic carbocycles. The Morgan fingerprint density at radius 2 is 2.11 bits per heavy atom. The van der Waals surface area contributed by atoms with E-state index in [1.54, 1.807) is 18.3 Å². The van der Waals surface area contributed by atoms with Crippen LogP contribution in [0.1, 0.15) is 42.7 Å². The number of carbonyl (C=O) groups excluding carboxylic acids is 2. The van der Waals surface area contributed by atoms with Gasteiger partial charge in [-0.1, -0.05) is 0 Å². The highest BCUT2D eigenvalue weighted by molar-refractivity contribution is 5.76. The summed E-state index contributed by atoms with van der Waals surface area (Å²) in [7, 11) is 0. The van der Waals surface area contributed by atoms with E-state index in [2.05, 4.69) is 4.98 Å². The van der Waals surface area contributed by atoms with Crippen molar-refractivity contribution >= 4 is 12.2 Å². The molecule has 98 valence electrons. The molecule has 1 rings (SSSR count). The van der Waals surface area contributed by atoms with Gasteiger partial charge in [0.2, 0.25) is 5.91 Å². The first kappa shape index (κ1) is 14.4. The van der Waals surface area contributed by atoms with Crippen LogP contribution >= 0.6 is 0 Å². The number of pyridine rings is 1. The molecular formula is C14H20N2O2. The summed E-state index contributed by atoms with van der Waals surface area (Å²) in [4.78, 5) is 28.4. The predicted octanol–water partition coefficient (Wildman–Crippen LogP) is 2.09. The Labute approximate surface area is 108 Å². The van der Waals surface area contributed by atoms with Gasteiger partial charge < -0.3 is 4.90 Å². The Morgan fingerprint density at radius 1 is 1.39 bits per heavy atom. The molecule has 0 unspecified atom stereocenters. The fourth-order valence-corrected chi connectivity index (χ4v) is 1.86. The van der Waals surface area contributed by atoms with Crippen LogP contribution in [0.2, 0.25) is 0 Å². The van der Waals surface area contributed by atoms with E-state index in [0.29, 0.717) is 12.0 Å². The molecule has 1 heterocycles. The van der Waals surface area contributed by atoms with Crippen molar-refractivity contribution in [2.75, 3.05) is 13.1 Å².